The highest BCUT2D eigenvalue weighted by molar-refractivity contribution is 7.18. The molecular formula is C15H19N3S. The number of rotatable bonds is 2. The van der Waals surface area contributed by atoms with Crippen LogP contribution in [-0.4, -0.2) is 23.1 Å². The van der Waals surface area contributed by atoms with Crippen molar-refractivity contribution in [2.24, 2.45) is 5.41 Å². The van der Waals surface area contributed by atoms with Gasteiger partial charge in [-0.05, 0) is 43.6 Å². The highest BCUT2D eigenvalue weighted by Crippen LogP contribution is 2.52. The van der Waals surface area contributed by atoms with Gasteiger partial charge in [0, 0.05) is 18.0 Å². The van der Waals surface area contributed by atoms with Gasteiger partial charge in [0.05, 0.1) is 5.39 Å². The standard InChI is InChI=1S/C15H19N3S/c1-2-11-8-12-13(16-10-17-14(12)19-11)18-7-3-4-15(9-18)5-6-15/h8,10H,2-7,9H2,1H3. The minimum absolute atomic E-state index is 0.638. The molecule has 100 valence electrons. The molecule has 4 rings (SSSR count). The number of hydrogen-bond donors (Lipinski definition) is 0. The summed E-state index contributed by atoms with van der Waals surface area (Å²) in [5.41, 5.74) is 0.638. The summed E-state index contributed by atoms with van der Waals surface area (Å²) in [4.78, 5) is 14.1. The zero-order valence-electron chi connectivity index (χ0n) is 11.4. The third kappa shape index (κ3) is 1.93. The molecule has 2 aromatic rings. The van der Waals surface area contributed by atoms with Crippen molar-refractivity contribution in [3.05, 3.63) is 17.3 Å². The topological polar surface area (TPSA) is 29.0 Å². The van der Waals surface area contributed by atoms with E-state index in [1.165, 1.54) is 48.3 Å². The molecule has 1 saturated carbocycles. The maximum absolute atomic E-state index is 4.59. The summed E-state index contributed by atoms with van der Waals surface area (Å²) in [5.74, 6) is 1.17. The largest absolute Gasteiger partial charge is 0.355 e. The molecule has 2 aromatic heterocycles. The normalized spacial score (nSPS) is 21.2. The molecule has 0 atom stereocenters. The summed E-state index contributed by atoms with van der Waals surface area (Å²) in [6.45, 7) is 4.57. The summed E-state index contributed by atoms with van der Waals surface area (Å²) >= 11 is 1.81. The zero-order valence-corrected chi connectivity index (χ0v) is 12.2. The molecule has 3 nitrogen and oxygen atoms in total. The molecule has 2 fully saturated rings. The van der Waals surface area contributed by atoms with Gasteiger partial charge in [0.25, 0.3) is 0 Å². The Hall–Kier alpha value is -1.16. The van der Waals surface area contributed by atoms with Crippen LogP contribution in [0.4, 0.5) is 5.82 Å². The third-order valence-electron chi connectivity index (χ3n) is 4.63. The highest BCUT2D eigenvalue weighted by atomic mass is 32.1. The monoisotopic (exact) mass is 273 g/mol. The Morgan fingerprint density at radius 1 is 1.32 bits per heavy atom. The molecule has 0 unspecified atom stereocenters. The van der Waals surface area contributed by atoms with E-state index >= 15 is 0 Å². The number of piperidine rings is 1. The molecule has 1 saturated heterocycles. The molecule has 0 amide bonds. The van der Waals surface area contributed by atoms with Crippen LogP contribution in [-0.2, 0) is 6.42 Å². The Labute approximate surface area is 117 Å². The van der Waals surface area contributed by atoms with Crippen LogP contribution in [0.2, 0.25) is 0 Å². The first-order chi connectivity index (χ1) is 9.30. The van der Waals surface area contributed by atoms with Crippen molar-refractivity contribution in [3.63, 3.8) is 0 Å². The average molecular weight is 273 g/mol. The maximum Gasteiger partial charge on any atom is 0.140 e. The van der Waals surface area contributed by atoms with Crippen LogP contribution in [0.15, 0.2) is 12.4 Å². The van der Waals surface area contributed by atoms with E-state index in [-0.39, 0.29) is 0 Å². The number of nitrogens with zero attached hydrogens (tertiary/aromatic N) is 3. The van der Waals surface area contributed by atoms with Gasteiger partial charge in [-0.15, -0.1) is 11.3 Å². The van der Waals surface area contributed by atoms with Gasteiger partial charge in [0.1, 0.15) is 17.0 Å². The predicted molar refractivity (Wildman–Crippen MR) is 79.9 cm³/mol. The average Bonchev–Trinajstić information content (AvgIpc) is 3.04. The minimum atomic E-state index is 0.638. The zero-order chi connectivity index (χ0) is 12.9. The summed E-state index contributed by atoms with van der Waals surface area (Å²) in [6.07, 6.45) is 8.40. The van der Waals surface area contributed by atoms with E-state index in [2.05, 4.69) is 27.9 Å². The van der Waals surface area contributed by atoms with Crippen molar-refractivity contribution in [2.45, 2.75) is 39.0 Å². The van der Waals surface area contributed by atoms with E-state index < -0.39 is 0 Å². The molecule has 19 heavy (non-hydrogen) atoms. The van der Waals surface area contributed by atoms with E-state index in [9.17, 15) is 0 Å². The second-order valence-electron chi connectivity index (χ2n) is 6.01. The molecule has 1 aliphatic carbocycles. The second kappa shape index (κ2) is 4.17. The van der Waals surface area contributed by atoms with E-state index in [0.717, 1.165) is 17.8 Å². The Morgan fingerprint density at radius 2 is 2.21 bits per heavy atom. The predicted octanol–water partition coefficient (Wildman–Crippen LogP) is 3.63. The fourth-order valence-corrected chi connectivity index (χ4v) is 4.22. The molecule has 0 bridgehead atoms. The van der Waals surface area contributed by atoms with Crippen LogP contribution in [0.25, 0.3) is 10.2 Å². The van der Waals surface area contributed by atoms with Gasteiger partial charge in [0.15, 0.2) is 0 Å². The molecule has 3 heterocycles. The first-order valence-corrected chi connectivity index (χ1v) is 8.10. The first kappa shape index (κ1) is 11.6. The molecule has 0 aromatic carbocycles. The fourth-order valence-electron chi connectivity index (χ4n) is 3.29. The molecule has 1 aliphatic heterocycles. The number of hydrogen-bond acceptors (Lipinski definition) is 4. The number of aryl methyl sites for hydroxylation is 1. The molecule has 4 heteroatoms. The van der Waals surface area contributed by atoms with Gasteiger partial charge < -0.3 is 4.90 Å². The summed E-state index contributed by atoms with van der Waals surface area (Å²) in [7, 11) is 0. The molecule has 1 spiro atoms. The van der Waals surface area contributed by atoms with Crippen molar-refractivity contribution >= 4 is 27.4 Å². The van der Waals surface area contributed by atoms with Crippen molar-refractivity contribution < 1.29 is 0 Å². The lowest BCUT2D eigenvalue weighted by Crippen LogP contribution is -2.37. The molecule has 0 radical (unpaired) electrons. The van der Waals surface area contributed by atoms with E-state index in [1.54, 1.807) is 6.33 Å². The summed E-state index contributed by atoms with van der Waals surface area (Å²) in [6, 6.07) is 2.30. The molecule has 2 aliphatic rings. The van der Waals surface area contributed by atoms with Crippen molar-refractivity contribution in [1.82, 2.24) is 9.97 Å². The number of anilines is 1. The van der Waals surface area contributed by atoms with Crippen LogP contribution < -0.4 is 4.90 Å². The van der Waals surface area contributed by atoms with Crippen LogP contribution in [0, 0.1) is 5.41 Å². The Bertz CT molecular complexity index is 615. The quantitative estimate of drug-likeness (QED) is 0.836. The maximum atomic E-state index is 4.59. The summed E-state index contributed by atoms with van der Waals surface area (Å²) < 4.78 is 0. The fraction of sp³-hybridized carbons (Fsp3) is 0.600. The van der Waals surface area contributed by atoms with Crippen molar-refractivity contribution in [3.8, 4) is 0 Å². The highest BCUT2D eigenvalue weighted by Gasteiger charge is 2.45. The number of aromatic nitrogens is 2. The van der Waals surface area contributed by atoms with Crippen LogP contribution in [0.1, 0.15) is 37.5 Å². The van der Waals surface area contributed by atoms with Crippen LogP contribution >= 0.6 is 11.3 Å². The molecular weight excluding hydrogens is 254 g/mol. The van der Waals surface area contributed by atoms with Crippen LogP contribution in [0.5, 0.6) is 0 Å². The van der Waals surface area contributed by atoms with Crippen molar-refractivity contribution in [1.29, 1.82) is 0 Å². The van der Waals surface area contributed by atoms with E-state index in [4.69, 9.17) is 0 Å². The SMILES string of the molecule is CCc1cc2c(N3CCCC4(CC4)C3)ncnc2s1. The Balaban J connectivity index is 1.75. The number of thiophene rings is 1. The third-order valence-corrected chi connectivity index (χ3v) is 5.81. The first-order valence-electron chi connectivity index (χ1n) is 7.28. The van der Waals surface area contributed by atoms with Crippen molar-refractivity contribution in [2.75, 3.05) is 18.0 Å². The van der Waals surface area contributed by atoms with Gasteiger partial charge in [0.2, 0.25) is 0 Å². The van der Waals surface area contributed by atoms with E-state index in [1.807, 2.05) is 11.3 Å². The molecule has 0 N–H and O–H groups in total. The Kier molecular flexibility index (Phi) is 2.56. The van der Waals surface area contributed by atoms with Gasteiger partial charge in [-0.2, -0.15) is 0 Å². The van der Waals surface area contributed by atoms with Gasteiger partial charge in [-0.25, -0.2) is 9.97 Å². The lowest BCUT2D eigenvalue weighted by molar-refractivity contribution is 0.394. The Morgan fingerprint density at radius 3 is 3.00 bits per heavy atom. The second-order valence-corrected chi connectivity index (χ2v) is 7.12. The number of fused-ring (bicyclic) bond motifs is 1. The summed E-state index contributed by atoms with van der Waals surface area (Å²) in [5, 5.41) is 1.27. The van der Waals surface area contributed by atoms with E-state index in [0.29, 0.717) is 5.41 Å². The van der Waals surface area contributed by atoms with Crippen LogP contribution in [0.3, 0.4) is 0 Å². The minimum Gasteiger partial charge on any atom is -0.355 e. The lowest BCUT2D eigenvalue weighted by atomic mass is 9.95. The smallest absolute Gasteiger partial charge is 0.140 e. The van der Waals surface area contributed by atoms with Gasteiger partial charge in [-0.1, -0.05) is 6.92 Å². The van der Waals surface area contributed by atoms with Gasteiger partial charge in [-0.3, -0.25) is 0 Å². The lowest BCUT2D eigenvalue weighted by Gasteiger charge is -2.34. The van der Waals surface area contributed by atoms with Gasteiger partial charge >= 0.3 is 0 Å².